The molecule has 1 saturated heterocycles. The molecule has 208 valence electrons. The number of thiocarbonyl (C=S) groups is 1. The van der Waals surface area contributed by atoms with Crippen molar-refractivity contribution in [2.75, 3.05) is 11.9 Å². The van der Waals surface area contributed by atoms with Crippen molar-refractivity contribution in [1.29, 1.82) is 0 Å². The normalized spacial score (nSPS) is 27.8. The van der Waals surface area contributed by atoms with Gasteiger partial charge in [-0.25, -0.2) is 0 Å². The highest BCUT2D eigenvalue weighted by Gasteiger charge is 2.55. The number of hydrogen-bond acceptors (Lipinski definition) is 6. The van der Waals surface area contributed by atoms with Crippen LogP contribution in [0.5, 0.6) is 5.75 Å². The Balaban J connectivity index is 1.04. The summed E-state index contributed by atoms with van der Waals surface area (Å²) in [6, 6.07) is 12.9. The maximum atomic E-state index is 13.5. The van der Waals surface area contributed by atoms with Crippen molar-refractivity contribution in [2.45, 2.75) is 52.4 Å². The van der Waals surface area contributed by atoms with Gasteiger partial charge in [-0.1, -0.05) is 30.0 Å². The van der Waals surface area contributed by atoms with Crippen LogP contribution >= 0.6 is 24.0 Å². The van der Waals surface area contributed by atoms with Crippen LogP contribution in [-0.4, -0.2) is 33.7 Å². The maximum Gasteiger partial charge on any atom is 0.285 e. The van der Waals surface area contributed by atoms with Crippen molar-refractivity contribution in [1.82, 2.24) is 10.4 Å². The molecule has 5 aliphatic rings. The second kappa shape index (κ2) is 10.7. The van der Waals surface area contributed by atoms with Gasteiger partial charge in [0, 0.05) is 5.69 Å². The Morgan fingerprint density at radius 2 is 1.68 bits per heavy atom. The number of nitrogens with zero attached hydrogens (tertiary/aromatic N) is 1. The van der Waals surface area contributed by atoms with Crippen molar-refractivity contribution >= 4 is 57.8 Å². The summed E-state index contributed by atoms with van der Waals surface area (Å²) in [6.45, 7) is 3.91. The fourth-order valence-corrected chi connectivity index (χ4v) is 8.33. The SMILES string of the molecule is Cc1ccc(NC(=O)COc2ccc(/C=C3\SC(=S)N(NC(=O)C45CC6CC(CC(C6)C4)C5)C3=O)cc2)cc1C. The minimum absolute atomic E-state index is 0.0489. The van der Waals surface area contributed by atoms with Crippen molar-refractivity contribution < 1.29 is 19.1 Å². The van der Waals surface area contributed by atoms with E-state index in [0.717, 1.165) is 36.1 Å². The van der Waals surface area contributed by atoms with E-state index in [1.54, 1.807) is 18.2 Å². The molecule has 2 aromatic carbocycles. The molecular weight excluding hydrogens is 542 g/mol. The van der Waals surface area contributed by atoms with E-state index in [-0.39, 0.29) is 29.7 Å². The van der Waals surface area contributed by atoms with Gasteiger partial charge in [0.15, 0.2) is 10.9 Å². The number of thioether (sulfide) groups is 1. The van der Waals surface area contributed by atoms with Crippen molar-refractivity contribution in [3.8, 4) is 5.75 Å². The number of anilines is 1. The molecule has 0 unspecified atom stereocenters. The van der Waals surface area contributed by atoms with E-state index >= 15 is 0 Å². The van der Waals surface area contributed by atoms with Gasteiger partial charge in [0.05, 0.1) is 10.3 Å². The molecule has 4 aliphatic carbocycles. The summed E-state index contributed by atoms with van der Waals surface area (Å²) < 4.78 is 5.97. The number of aryl methyl sites for hydroxylation is 2. The fraction of sp³-hybridized carbons (Fsp3) is 0.419. The number of carbonyl (C=O) groups is 3. The number of ether oxygens (including phenoxy) is 1. The average Bonchev–Trinajstić information content (AvgIpc) is 3.17. The van der Waals surface area contributed by atoms with Crippen molar-refractivity contribution in [3.63, 3.8) is 0 Å². The summed E-state index contributed by atoms with van der Waals surface area (Å²) in [4.78, 5) is 39.4. The van der Waals surface area contributed by atoms with Gasteiger partial charge in [-0.15, -0.1) is 0 Å². The zero-order valence-corrected chi connectivity index (χ0v) is 24.3. The molecule has 4 saturated carbocycles. The number of amides is 3. The van der Waals surface area contributed by atoms with Gasteiger partial charge in [0.2, 0.25) is 5.91 Å². The molecule has 40 heavy (non-hydrogen) atoms. The number of rotatable bonds is 7. The summed E-state index contributed by atoms with van der Waals surface area (Å²) in [6.07, 6.45) is 8.29. The third-order valence-corrected chi connectivity index (χ3v) is 10.2. The molecule has 3 amide bonds. The molecule has 0 radical (unpaired) electrons. The predicted molar refractivity (Wildman–Crippen MR) is 160 cm³/mol. The van der Waals surface area contributed by atoms with Gasteiger partial charge in [-0.2, -0.15) is 5.01 Å². The van der Waals surface area contributed by atoms with Crippen molar-refractivity contribution in [3.05, 3.63) is 64.1 Å². The quantitative estimate of drug-likeness (QED) is 0.322. The van der Waals surface area contributed by atoms with Gasteiger partial charge in [-0.3, -0.25) is 19.8 Å². The van der Waals surface area contributed by atoms with Gasteiger partial charge < -0.3 is 10.1 Å². The standard InChI is InChI=1S/C31H33N3O4S2/c1-18-3-6-24(9-19(18)2)32-27(35)17-38-25-7-4-20(5-8-25)13-26-28(36)34(30(39)40-26)33-29(37)31-14-21-10-22(15-31)12-23(11-21)16-31/h3-9,13,21-23H,10-12,14-17H2,1-2H3,(H,32,35)(H,33,37)/b26-13-. The number of hydrogen-bond donors (Lipinski definition) is 2. The minimum Gasteiger partial charge on any atom is -0.484 e. The van der Waals surface area contributed by atoms with Crippen LogP contribution in [0.25, 0.3) is 6.08 Å². The van der Waals surface area contributed by atoms with Crippen LogP contribution in [0.15, 0.2) is 47.4 Å². The Hall–Kier alpha value is -3.17. The van der Waals surface area contributed by atoms with Crippen LogP contribution in [0.3, 0.4) is 0 Å². The van der Waals surface area contributed by atoms with E-state index in [4.69, 9.17) is 17.0 Å². The van der Waals surface area contributed by atoms with Gasteiger partial charge in [0.25, 0.3) is 11.8 Å². The first kappa shape index (κ1) is 27.0. The molecule has 7 rings (SSSR count). The molecule has 0 spiro atoms. The largest absolute Gasteiger partial charge is 0.484 e. The van der Waals surface area contributed by atoms with Crippen LogP contribution in [0.1, 0.15) is 55.2 Å². The summed E-state index contributed by atoms with van der Waals surface area (Å²) in [5, 5.41) is 4.09. The molecule has 9 heteroatoms. The summed E-state index contributed by atoms with van der Waals surface area (Å²) in [5.41, 5.74) is 6.34. The highest BCUT2D eigenvalue weighted by atomic mass is 32.2. The summed E-state index contributed by atoms with van der Waals surface area (Å²) >= 11 is 6.65. The van der Waals surface area contributed by atoms with Crippen LogP contribution in [0.2, 0.25) is 0 Å². The van der Waals surface area contributed by atoms with Gasteiger partial charge in [-0.05, 0) is 129 Å². The monoisotopic (exact) mass is 575 g/mol. The van der Waals surface area contributed by atoms with Crippen LogP contribution in [0, 0.1) is 37.0 Å². The molecule has 2 N–H and O–H groups in total. The van der Waals surface area contributed by atoms with E-state index < -0.39 is 0 Å². The summed E-state index contributed by atoms with van der Waals surface area (Å²) in [7, 11) is 0. The van der Waals surface area contributed by atoms with E-state index in [2.05, 4.69) is 10.7 Å². The Morgan fingerprint density at radius 1 is 1.02 bits per heavy atom. The highest BCUT2D eigenvalue weighted by Crippen LogP contribution is 2.60. The molecule has 4 bridgehead atoms. The lowest BCUT2D eigenvalue weighted by atomic mass is 9.49. The lowest BCUT2D eigenvalue weighted by Crippen LogP contribution is -2.57. The fourth-order valence-electron chi connectivity index (χ4n) is 7.15. The minimum atomic E-state index is -0.354. The third kappa shape index (κ3) is 5.41. The molecule has 1 aliphatic heterocycles. The van der Waals surface area contributed by atoms with E-state index in [1.807, 2.05) is 44.2 Å². The number of benzene rings is 2. The molecule has 7 nitrogen and oxygen atoms in total. The lowest BCUT2D eigenvalue weighted by Gasteiger charge is -2.55. The first-order valence-corrected chi connectivity index (χ1v) is 15.1. The number of hydrazine groups is 1. The van der Waals surface area contributed by atoms with Gasteiger partial charge in [0.1, 0.15) is 5.75 Å². The Bertz CT molecular complexity index is 1380. The highest BCUT2D eigenvalue weighted by molar-refractivity contribution is 8.26. The van der Waals surface area contributed by atoms with Crippen LogP contribution in [0.4, 0.5) is 5.69 Å². The Kier molecular flexibility index (Phi) is 7.21. The zero-order valence-electron chi connectivity index (χ0n) is 22.7. The van der Waals surface area contributed by atoms with Gasteiger partial charge >= 0.3 is 0 Å². The molecular formula is C31H33N3O4S2. The van der Waals surface area contributed by atoms with Crippen molar-refractivity contribution in [2.24, 2.45) is 23.2 Å². The topological polar surface area (TPSA) is 87.7 Å². The van der Waals surface area contributed by atoms with E-state index in [9.17, 15) is 14.4 Å². The first-order chi connectivity index (χ1) is 19.2. The zero-order chi connectivity index (χ0) is 28.0. The van der Waals surface area contributed by atoms with E-state index in [0.29, 0.717) is 32.7 Å². The smallest absolute Gasteiger partial charge is 0.285 e. The second-order valence-electron chi connectivity index (χ2n) is 11.9. The lowest BCUT2D eigenvalue weighted by molar-refractivity contribution is -0.152. The Morgan fingerprint density at radius 3 is 2.30 bits per heavy atom. The Labute approximate surface area is 244 Å². The molecule has 1 heterocycles. The molecule has 2 aromatic rings. The van der Waals surface area contributed by atoms with Crippen LogP contribution < -0.4 is 15.5 Å². The third-order valence-electron chi connectivity index (χ3n) is 8.87. The second-order valence-corrected chi connectivity index (χ2v) is 13.5. The van der Waals surface area contributed by atoms with E-state index in [1.165, 1.54) is 41.6 Å². The number of nitrogens with one attached hydrogen (secondary N) is 2. The molecule has 0 atom stereocenters. The average molecular weight is 576 g/mol. The summed E-state index contributed by atoms with van der Waals surface area (Å²) in [5.74, 6) is 1.86. The first-order valence-electron chi connectivity index (χ1n) is 13.9. The number of carbonyl (C=O) groups excluding carboxylic acids is 3. The van der Waals surface area contributed by atoms with Crippen LogP contribution in [-0.2, 0) is 14.4 Å². The molecule has 0 aromatic heterocycles. The predicted octanol–water partition coefficient (Wildman–Crippen LogP) is 5.77. The maximum absolute atomic E-state index is 13.5. The molecule has 5 fully saturated rings.